The lowest BCUT2D eigenvalue weighted by atomic mass is 10.1. The number of nitrogens with one attached hydrogen (secondary N) is 1. The third-order valence-corrected chi connectivity index (χ3v) is 3.24. The lowest BCUT2D eigenvalue weighted by molar-refractivity contribution is -0.137. The molecule has 21 heavy (non-hydrogen) atoms. The van der Waals surface area contributed by atoms with Gasteiger partial charge < -0.3 is 15.8 Å². The van der Waals surface area contributed by atoms with Gasteiger partial charge in [-0.15, -0.1) is 0 Å². The minimum absolute atomic E-state index is 0.0484. The van der Waals surface area contributed by atoms with Crippen molar-refractivity contribution in [1.29, 1.82) is 0 Å². The minimum Gasteiger partial charge on any atom is -0.398 e. The molecular weight excluding hydrogens is 285 g/mol. The molecule has 1 amide bonds. The van der Waals surface area contributed by atoms with E-state index in [4.69, 9.17) is 10.5 Å². The van der Waals surface area contributed by atoms with Gasteiger partial charge in [0.1, 0.15) is 6.61 Å². The summed E-state index contributed by atoms with van der Waals surface area (Å²) in [6.07, 6.45) is -1.21. The lowest BCUT2D eigenvalue weighted by Crippen LogP contribution is -2.19. The van der Waals surface area contributed by atoms with Crippen LogP contribution in [-0.2, 0) is 15.7 Å². The van der Waals surface area contributed by atoms with Crippen LogP contribution in [-0.4, -0.2) is 19.1 Å². The number of nitrogens with two attached hydrogens (primary N) is 1. The number of rotatable bonds is 6. The summed E-state index contributed by atoms with van der Waals surface area (Å²) in [6, 6.07) is 3.26. The number of benzene rings is 1. The highest BCUT2D eigenvalue weighted by atomic mass is 19.4. The summed E-state index contributed by atoms with van der Waals surface area (Å²) in [6.45, 7) is 0.325. The molecule has 0 aliphatic heterocycles. The molecular formula is C14H17F3N2O2. The molecule has 3 N–H and O–H groups in total. The summed E-state index contributed by atoms with van der Waals surface area (Å²) >= 11 is 0. The Labute approximate surface area is 120 Å². The maximum Gasteiger partial charge on any atom is 0.418 e. The molecule has 2 rings (SSSR count). The molecule has 1 fully saturated rings. The maximum atomic E-state index is 12.7. The number of hydrogen-bond acceptors (Lipinski definition) is 3. The van der Waals surface area contributed by atoms with Crippen molar-refractivity contribution in [3.05, 3.63) is 23.8 Å². The van der Waals surface area contributed by atoms with Crippen molar-refractivity contribution in [1.82, 2.24) is 0 Å². The van der Waals surface area contributed by atoms with Crippen molar-refractivity contribution in [3.63, 3.8) is 0 Å². The largest absolute Gasteiger partial charge is 0.418 e. The number of carbonyl (C=O) groups excluding carboxylic acids is 1. The standard InChI is InChI=1S/C14H17F3N2O2/c15-14(16,17)11-7-10(3-4-12(11)18)19-13(20)8-21-6-5-9-1-2-9/h3-4,7,9H,1-2,5-6,8,18H2,(H,19,20). The van der Waals surface area contributed by atoms with Crippen molar-refractivity contribution >= 4 is 17.3 Å². The molecule has 0 radical (unpaired) electrons. The molecule has 1 aromatic rings. The van der Waals surface area contributed by atoms with Crippen LogP contribution in [0.5, 0.6) is 0 Å². The number of hydrogen-bond donors (Lipinski definition) is 2. The zero-order valence-corrected chi connectivity index (χ0v) is 11.4. The number of halogens is 3. The first-order valence-corrected chi connectivity index (χ1v) is 6.70. The number of alkyl halides is 3. The molecule has 0 unspecified atom stereocenters. The molecule has 0 atom stereocenters. The monoisotopic (exact) mass is 302 g/mol. The van der Waals surface area contributed by atoms with Crippen molar-refractivity contribution < 1.29 is 22.7 Å². The zero-order valence-electron chi connectivity index (χ0n) is 11.4. The molecule has 0 aromatic heterocycles. The summed E-state index contributed by atoms with van der Waals surface area (Å²) in [4.78, 5) is 11.6. The Bertz CT molecular complexity index is 513. The molecule has 1 aliphatic rings. The van der Waals surface area contributed by atoms with Gasteiger partial charge >= 0.3 is 6.18 Å². The van der Waals surface area contributed by atoms with Gasteiger partial charge in [-0.05, 0) is 30.5 Å². The average molecular weight is 302 g/mol. The topological polar surface area (TPSA) is 64.3 Å². The van der Waals surface area contributed by atoms with Gasteiger partial charge in [-0.1, -0.05) is 12.8 Å². The Hall–Kier alpha value is -1.76. The van der Waals surface area contributed by atoms with E-state index >= 15 is 0 Å². The lowest BCUT2D eigenvalue weighted by Gasteiger charge is -2.12. The van der Waals surface area contributed by atoms with Crippen molar-refractivity contribution in [2.75, 3.05) is 24.3 Å². The van der Waals surface area contributed by atoms with Crippen molar-refractivity contribution in [3.8, 4) is 0 Å². The van der Waals surface area contributed by atoms with E-state index in [1.165, 1.54) is 18.9 Å². The fourth-order valence-corrected chi connectivity index (χ4v) is 1.90. The van der Waals surface area contributed by atoms with Crippen molar-refractivity contribution in [2.24, 2.45) is 5.92 Å². The summed E-state index contributed by atoms with van der Waals surface area (Å²) < 4.78 is 43.2. The molecule has 0 heterocycles. The van der Waals surface area contributed by atoms with E-state index < -0.39 is 17.6 Å². The molecule has 116 valence electrons. The Morgan fingerprint density at radius 2 is 2.10 bits per heavy atom. The average Bonchev–Trinajstić information content (AvgIpc) is 3.20. The predicted octanol–water partition coefficient (Wildman–Crippen LogP) is 3.04. The van der Waals surface area contributed by atoms with Crippen LogP contribution >= 0.6 is 0 Å². The van der Waals surface area contributed by atoms with Gasteiger partial charge in [-0.25, -0.2) is 0 Å². The van der Waals surface area contributed by atoms with Crippen LogP contribution in [0.3, 0.4) is 0 Å². The van der Waals surface area contributed by atoms with E-state index in [1.807, 2.05) is 0 Å². The highest BCUT2D eigenvalue weighted by Crippen LogP contribution is 2.35. The van der Waals surface area contributed by atoms with Gasteiger partial charge in [0.15, 0.2) is 0 Å². The van der Waals surface area contributed by atoms with Crippen molar-refractivity contribution in [2.45, 2.75) is 25.4 Å². The fourth-order valence-electron chi connectivity index (χ4n) is 1.90. The van der Waals surface area contributed by atoms with Gasteiger partial charge in [0.25, 0.3) is 0 Å². The van der Waals surface area contributed by atoms with E-state index in [1.54, 1.807) is 0 Å². The second-order valence-electron chi connectivity index (χ2n) is 5.13. The van der Waals surface area contributed by atoms with Gasteiger partial charge in [0.2, 0.25) is 5.91 Å². The highest BCUT2D eigenvalue weighted by molar-refractivity contribution is 5.92. The number of carbonyl (C=O) groups is 1. The second kappa shape index (κ2) is 6.34. The normalized spacial score (nSPS) is 15.0. The first-order chi connectivity index (χ1) is 9.86. The van der Waals surface area contributed by atoms with Crippen LogP contribution in [0.15, 0.2) is 18.2 Å². The third kappa shape index (κ3) is 4.93. The van der Waals surface area contributed by atoms with Crippen LogP contribution in [0.25, 0.3) is 0 Å². The molecule has 0 spiro atoms. The highest BCUT2D eigenvalue weighted by Gasteiger charge is 2.33. The summed E-state index contributed by atoms with van der Waals surface area (Å²) in [7, 11) is 0. The molecule has 0 saturated heterocycles. The van der Waals surface area contributed by atoms with Crippen LogP contribution in [0.2, 0.25) is 0 Å². The van der Waals surface area contributed by atoms with Crippen LogP contribution in [0.4, 0.5) is 24.5 Å². The first-order valence-electron chi connectivity index (χ1n) is 6.70. The van der Waals surface area contributed by atoms with Gasteiger partial charge in [0.05, 0.1) is 5.56 Å². The molecule has 1 saturated carbocycles. The molecule has 1 aromatic carbocycles. The molecule has 7 heteroatoms. The quantitative estimate of drug-likeness (QED) is 0.627. The Morgan fingerprint density at radius 3 is 2.71 bits per heavy atom. The van der Waals surface area contributed by atoms with Gasteiger partial charge in [0, 0.05) is 18.0 Å². The van der Waals surface area contributed by atoms with Gasteiger partial charge in [-0.2, -0.15) is 13.2 Å². The second-order valence-corrected chi connectivity index (χ2v) is 5.13. The van der Waals surface area contributed by atoms with Crippen LogP contribution in [0, 0.1) is 5.92 Å². The third-order valence-electron chi connectivity index (χ3n) is 3.24. The van der Waals surface area contributed by atoms with E-state index in [-0.39, 0.29) is 18.0 Å². The van der Waals surface area contributed by atoms with E-state index in [2.05, 4.69) is 5.32 Å². The molecule has 1 aliphatic carbocycles. The van der Waals surface area contributed by atoms with Gasteiger partial charge in [-0.3, -0.25) is 4.79 Å². The Balaban J connectivity index is 1.85. The van der Waals surface area contributed by atoms with E-state index in [0.717, 1.165) is 18.6 Å². The fraction of sp³-hybridized carbons (Fsp3) is 0.500. The first kappa shape index (κ1) is 15.6. The number of nitrogen functional groups attached to an aromatic ring is 1. The van der Waals surface area contributed by atoms with Crippen LogP contribution < -0.4 is 11.1 Å². The Kier molecular flexibility index (Phi) is 4.72. The number of ether oxygens (including phenoxy) is 1. The summed E-state index contributed by atoms with van der Waals surface area (Å²) in [5.41, 5.74) is 3.99. The summed E-state index contributed by atoms with van der Waals surface area (Å²) in [5.74, 6) is 0.225. The molecule has 4 nitrogen and oxygen atoms in total. The summed E-state index contributed by atoms with van der Waals surface area (Å²) in [5, 5.41) is 2.37. The van der Waals surface area contributed by atoms with E-state index in [9.17, 15) is 18.0 Å². The maximum absolute atomic E-state index is 12.7. The number of amides is 1. The Morgan fingerprint density at radius 1 is 1.38 bits per heavy atom. The SMILES string of the molecule is Nc1ccc(NC(=O)COCCC2CC2)cc1C(F)(F)F. The van der Waals surface area contributed by atoms with E-state index in [0.29, 0.717) is 12.5 Å². The van der Waals surface area contributed by atoms with Crippen LogP contribution in [0.1, 0.15) is 24.8 Å². The predicted molar refractivity (Wildman–Crippen MR) is 72.6 cm³/mol. The minimum atomic E-state index is -4.55. The molecule has 0 bridgehead atoms. The zero-order chi connectivity index (χ0) is 15.5. The number of anilines is 2. The smallest absolute Gasteiger partial charge is 0.398 e.